The third kappa shape index (κ3) is 4.17. The zero-order valence-electron chi connectivity index (χ0n) is 12.7. The molecular formula is C18H26BrNO. The lowest BCUT2D eigenvalue weighted by Crippen LogP contribution is -3.00. The van der Waals surface area contributed by atoms with Gasteiger partial charge in [-0.1, -0.05) is 50.3 Å². The molecule has 0 bridgehead atoms. The average Bonchev–Trinajstić information content (AvgIpc) is 2.53. The summed E-state index contributed by atoms with van der Waals surface area (Å²) in [5.74, 6) is 0.825. The van der Waals surface area contributed by atoms with E-state index in [1.807, 2.05) is 0 Å². The van der Waals surface area contributed by atoms with Crippen molar-refractivity contribution in [2.45, 2.75) is 51.0 Å². The SMILES string of the molecule is OC[C@H](CC1CCCCC1)[N+]1=Cc2ccccc2CC1.[Br-]. The molecule has 1 aromatic rings. The summed E-state index contributed by atoms with van der Waals surface area (Å²) >= 11 is 0. The van der Waals surface area contributed by atoms with Crippen LogP contribution in [0.1, 0.15) is 49.7 Å². The number of nitrogens with zero attached hydrogens (tertiary/aromatic N) is 1. The molecule has 0 saturated heterocycles. The number of fused-ring (bicyclic) bond motifs is 1. The number of benzene rings is 1. The van der Waals surface area contributed by atoms with Gasteiger partial charge in [0.05, 0.1) is 0 Å². The predicted octanol–water partition coefficient (Wildman–Crippen LogP) is 0.00940. The summed E-state index contributed by atoms with van der Waals surface area (Å²) in [5, 5.41) is 9.80. The second kappa shape index (κ2) is 8.09. The minimum Gasteiger partial charge on any atom is -1.00 e. The number of aliphatic hydroxyl groups excluding tert-OH is 1. The zero-order chi connectivity index (χ0) is 13.8. The minimum atomic E-state index is 0. The van der Waals surface area contributed by atoms with Gasteiger partial charge in [0, 0.05) is 18.4 Å². The minimum absolute atomic E-state index is 0. The van der Waals surface area contributed by atoms with Crippen LogP contribution in [-0.4, -0.2) is 35.1 Å². The van der Waals surface area contributed by atoms with Crippen molar-refractivity contribution in [3.8, 4) is 0 Å². The van der Waals surface area contributed by atoms with Crippen LogP contribution in [0, 0.1) is 5.92 Å². The van der Waals surface area contributed by atoms with Gasteiger partial charge in [-0.05, 0) is 17.5 Å². The van der Waals surface area contributed by atoms with Crippen LogP contribution in [0.3, 0.4) is 0 Å². The first kappa shape index (κ1) is 16.7. The standard InChI is InChI=1S/C18H26NO.BrH/c20-14-18(12-15-6-2-1-3-7-15)19-11-10-16-8-4-5-9-17(16)13-19;/h4-5,8-9,13,15,18,20H,1-3,6-7,10-12,14H2;1H/q+1;/p-1/t18-;/m0./s1. The molecule has 3 heteroatoms. The summed E-state index contributed by atoms with van der Waals surface area (Å²) < 4.78 is 2.39. The molecule has 1 aromatic carbocycles. The zero-order valence-corrected chi connectivity index (χ0v) is 14.3. The summed E-state index contributed by atoms with van der Waals surface area (Å²) in [4.78, 5) is 0. The maximum Gasteiger partial charge on any atom is 0.175 e. The Morgan fingerprint density at radius 3 is 2.67 bits per heavy atom. The van der Waals surface area contributed by atoms with Gasteiger partial charge in [-0.2, -0.15) is 0 Å². The van der Waals surface area contributed by atoms with E-state index in [2.05, 4.69) is 35.1 Å². The molecule has 2 nitrogen and oxygen atoms in total. The Kier molecular flexibility index (Phi) is 6.43. The summed E-state index contributed by atoms with van der Waals surface area (Å²) in [6.07, 6.45) is 11.4. The van der Waals surface area contributed by atoms with Crippen LogP contribution in [0.2, 0.25) is 0 Å². The maximum absolute atomic E-state index is 9.80. The fourth-order valence-corrected chi connectivity index (χ4v) is 3.79. The Bertz CT molecular complexity index is 480. The maximum atomic E-state index is 9.80. The smallest absolute Gasteiger partial charge is 0.175 e. The Labute approximate surface area is 138 Å². The van der Waals surface area contributed by atoms with Gasteiger partial charge in [0.15, 0.2) is 12.3 Å². The quantitative estimate of drug-likeness (QED) is 0.759. The van der Waals surface area contributed by atoms with Crippen LogP contribution in [0.15, 0.2) is 24.3 Å². The number of aliphatic hydroxyl groups is 1. The second-order valence-corrected chi connectivity index (χ2v) is 6.39. The normalized spacial score (nSPS) is 20.1. The van der Waals surface area contributed by atoms with Gasteiger partial charge in [-0.25, -0.2) is 4.58 Å². The van der Waals surface area contributed by atoms with Gasteiger partial charge in [0.1, 0.15) is 13.2 Å². The Hall–Kier alpha value is -0.670. The lowest BCUT2D eigenvalue weighted by atomic mass is 9.84. The number of hydrogen-bond donors (Lipinski definition) is 1. The molecule has 1 aliphatic carbocycles. The summed E-state index contributed by atoms with van der Waals surface area (Å²) in [6.45, 7) is 1.34. The Morgan fingerprint density at radius 2 is 1.90 bits per heavy atom. The first-order valence-electron chi connectivity index (χ1n) is 8.16. The van der Waals surface area contributed by atoms with Crippen LogP contribution in [0.25, 0.3) is 0 Å². The van der Waals surface area contributed by atoms with Crippen LogP contribution in [-0.2, 0) is 6.42 Å². The highest BCUT2D eigenvalue weighted by Crippen LogP contribution is 2.28. The van der Waals surface area contributed by atoms with Gasteiger partial charge < -0.3 is 22.1 Å². The van der Waals surface area contributed by atoms with E-state index in [0.29, 0.717) is 6.04 Å². The van der Waals surface area contributed by atoms with Crippen molar-refractivity contribution in [2.75, 3.05) is 13.2 Å². The predicted molar refractivity (Wildman–Crippen MR) is 82.5 cm³/mol. The molecule has 0 amide bonds. The molecule has 0 radical (unpaired) electrons. The fourth-order valence-electron chi connectivity index (χ4n) is 3.79. The molecule has 1 heterocycles. The van der Waals surface area contributed by atoms with Crippen molar-refractivity contribution >= 4 is 6.21 Å². The summed E-state index contributed by atoms with van der Waals surface area (Å²) in [6, 6.07) is 8.95. The second-order valence-electron chi connectivity index (χ2n) is 6.39. The van der Waals surface area contributed by atoms with Gasteiger partial charge in [-0.15, -0.1) is 0 Å². The molecule has 1 aliphatic heterocycles. The number of hydrogen-bond acceptors (Lipinski definition) is 1. The largest absolute Gasteiger partial charge is 1.00 e. The van der Waals surface area contributed by atoms with Crippen molar-refractivity contribution in [3.63, 3.8) is 0 Å². The molecule has 0 unspecified atom stereocenters. The number of rotatable bonds is 4. The van der Waals surface area contributed by atoms with Crippen LogP contribution >= 0.6 is 0 Å². The summed E-state index contributed by atoms with van der Waals surface area (Å²) in [7, 11) is 0. The van der Waals surface area contributed by atoms with E-state index < -0.39 is 0 Å². The van der Waals surface area contributed by atoms with Crippen molar-refractivity contribution in [3.05, 3.63) is 35.4 Å². The van der Waals surface area contributed by atoms with E-state index in [-0.39, 0.29) is 23.6 Å². The highest BCUT2D eigenvalue weighted by atomic mass is 79.9. The fraction of sp³-hybridized carbons (Fsp3) is 0.611. The van der Waals surface area contributed by atoms with Crippen molar-refractivity contribution in [2.24, 2.45) is 5.92 Å². The van der Waals surface area contributed by atoms with Crippen LogP contribution in [0.4, 0.5) is 0 Å². The molecule has 21 heavy (non-hydrogen) atoms. The lowest BCUT2D eigenvalue weighted by Gasteiger charge is -2.25. The molecule has 0 spiro atoms. The molecule has 116 valence electrons. The highest BCUT2D eigenvalue weighted by Gasteiger charge is 2.27. The molecule has 2 aliphatic rings. The lowest BCUT2D eigenvalue weighted by molar-refractivity contribution is -0.567. The third-order valence-corrected chi connectivity index (χ3v) is 5.01. The van der Waals surface area contributed by atoms with Crippen molar-refractivity contribution in [1.82, 2.24) is 0 Å². The molecule has 1 fully saturated rings. The van der Waals surface area contributed by atoms with Gasteiger partial charge in [0.2, 0.25) is 0 Å². The van der Waals surface area contributed by atoms with E-state index in [0.717, 1.165) is 25.3 Å². The number of halogens is 1. The molecule has 3 rings (SSSR count). The van der Waals surface area contributed by atoms with Gasteiger partial charge in [-0.3, -0.25) is 0 Å². The molecule has 1 N–H and O–H groups in total. The molecule has 1 saturated carbocycles. The monoisotopic (exact) mass is 351 g/mol. The van der Waals surface area contributed by atoms with Crippen molar-refractivity contribution < 1.29 is 26.7 Å². The van der Waals surface area contributed by atoms with E-state index in [1.165, 1.54) is 43.2 Å². The van der Waals surface area contributed by atoms with Gasteiger partial charge in [0.25, 0.3) is 0 Å². The Balaban J connectivity index is 0.00000161. The van der Waals surface area contributed by atoms with E-state index >= 15 is 0 Å². The van der Waals surface area contributed by atoms with E-state index in [4.69, 9.17) is 0 Å². The summed E-state index contributed by atoms with van der Waals surface area (Å²) in [5.41, 5.74) is 2.78. The Morgan fingerprint density at radius 1 is 1.14 bits per heavy atom. The topological polar surface area (TPSA) is 23.2 Å². The van der Waals surface area contributed by atoms with Crippen LogP contribution < -0.4 is 17.0 Å². The van der Waals surface area contributed by atoms with E-state index in [9.17, 15) is 5.11 Å². The van der Waals surface area contributed by atoms with Gasteiger partial charge >= 0.3 is 0 Å². The first-order valence-corrected chi connectivity index (χ1v) is 8.16. The van der Waals surface area contributed by atoms with Crippen LogP contribution in [0.5, 0.6) is 0 Å². The average molecular weight is 352 g/mol. The first-order chi connectivity index (χ1) is 9.86. The molecule has 0 aromatic heterocycles. The molecule has 1 atom stereocenters. The third-order valence-electron chi connectivity index (χ3n) is 5.01. The molecular weight excluding hydrogens is 326 g/mol. The van der Waals surface area contributed by atoms with E-state index in [1.54, 1.807) is 0 Å². The highest BCUT2D eigenvalue weighted by molar-refractivity contribution is 5.78. The van der Waals surface area contributed by atoms with Crippen molar-refractivity contribution in [1.29, 1.82) is 0 Å².